The van der Waals surface area contributed by atoms with Crippen molar-refractivity contribution in [3.05, 3.63) is 101 Å². The summed E-state index contributed by atoms with van der Waals surface area (Å²) >= 11 is 1.37. The summed E-state index contributed by atoms with van der Waals surface area (Å²) in [5.41, 5.74) is 9.57. The predicted molar refractivity (Wildman–Crippen MR) is 147 cm³/mol. The van der Waals surface area contributed by atoms with E-state index in [4.69, 9.17) is 10.5 Å². The molecule has 0 aliphatic rings. The Labute approximate surface area is 217 Å². The SMILES string of the molecule is Nc1ccc2sc(C(=O)OCCc3ccccc3NC(=O)Nc3ccc(-c4ccccc4)nn3)cc2c1. The average molecular weight is 510 g/mol. The molecule has 9 heteroatoms. The Morgan fingerprint density at radius 1 is 0.865 bits per heavy atom. The zero-order valence-corrected chi connectivity index (χ0v) is 20.5. The normalized spacial score (nSPS) is 10.7. The minimum atomic E-state index is -0.448. The maximum atomic E-state index is 12.6. The summed E-state index contributed by atoms with van der Waals surface area (Å²) in [5.74, 6) is -0.0610. The number of ether oxygens (including phenoxy) is 1. The summed E-state index contributed by atoms with van der Waals surface area (Å²) in [4.78, 5) is 25.6. The second-order valence-corrected chi connectivity index (χ2v) is 9.28. The summed E-state index contributed by atoms with van der Waals surface area (Å²) < 4.78 is 6.46. The first-order valence-electron chi connectivity index (χ1n) is 11.6. The van der Waals surface area contributed by atoms with Crippen LogP contribution in [0, 0.1) is 0 Å². The van der Waals surface area contributed by atoms with Crippen molar-refractivity contribution in [2.45, 2.75) is 6.42 Å². The number of hydrogen-bond acceptors (Lipinski definition) is 7. The van der Waals surface area contributed by atoms with Gasteiger partial charge in [-0.25, -0.2) is 9.59 Å². The molecule has 0 spiro atoms. The van der Waals surface area contributed by atoms with Crippen LogP contribution < -0.4 is 16.4 Å². The van der Waals surface area contributed by atoms with E-state index in [1.54, 1.807) is 30.3 Å². The summed E-state index contributed by atoms with van der Waals surface area (Å²) in [6, 6.07) is 27.4. The van der Waals surface area contributed by atoms with Crippen LogP contribution in [-0.4, -0.2) is 28.8 Å². The fourth-order valence-electron chi connectivity index (χ4n) is 3.78. The second kappa shape index (κ2) is 10.9. The van der Waals surface area contributed by atoms with Crippen LogP contribution in [0.15, 0.2) is 91.0 Å². The molecule has 8 nitrogen and oxygen atoms in total. The van der Waals surface area contributed by atoms with Crippen LogP contribution in [0.4, 0.5) is 22.0 Å². The van der Waals surface area contributed by atoms with E-state index in [-0.39, 0.29) is 12.6 Å². The van der Waals surface area contributed by atoms with Crippen molar-refractivity contribution in [1.82, 2.24) is 10.2 Å². The summed E-state index contributed by atoms with van der Waals surface area (Å²) in [7, 11) is 0. The van der Waals surface area contributed by atoms with Gasteiger partial charge in [0.15, 0.2) is 5.82 Å². The molecule has 2 amide bonds. The van der Waals surface area contributed by atoms with Gasteiger partial charge in [-0.3, -0.25) is 5.32 Å². The van der Waals surface area contributed by atoms with E-state index < -0.39 is 6.03 Å². The molecule has 37 heavy (non-hydrogen) atoms. The van der Waals surface area contributed by atoms with Gasteiger partial charge in [0, 0.05) is 28.1 Å². The van der Waals surface area contributed by atoms with Crippen LogP contribution >= 0.6 is 11.3 Å². The van der Waals surface area contributed by atoms with Gasteiger partial charge in [0.2, 0.25) is 0 Å². The lowest BCUT2D eigenvalue weighted by molar-refractivity contribution is 0.0515. The molecule has 0 aliphatic carbocycles. The van der Waals surface area contributed by atoms with Gasteiger partial charge < -0.3 is 15.8 Å². The fourth-order valence-corrected chi connectivity index (χ4v) is 4.72. The number of nitrogen functional groups attached to an aromatic ring is 1. The number of thiophene rings is 1. The molecule has 0 radical (unpaired) electrons. The first-order chi connectivity index (χ1) is 18.0. The lowest BCUT2D eigenvalue weighted by Crippen LogP contribution is -2.21. The van der Waals surface area contributed by atoms with Crippen molar-refractivity contribution in [1.29, 1.82) is 0 Å². The van der Waals surface area contributed by atoms with Crippen LogP contribution in [0.25, 0.3) is 21.3 Å². The van der Waals surface area contributed by atoms with Gasteiger partial charge in [0.05, 0.1) is 12.3 Å². The number of carbonyl (C=O) groups excluding carboxylic acids is 2. The molecule has 184 valence electrons. The highest BCUT2D eigenvalue weighted by atomic mass is 32.1. The van der Waals surface area contributed by atoms with Gasteiger partial charge in [-0.2, -0.15) is 0 Å². The Morgan fingerprint density at radius 2 is 1.68 bits per heavy atom. The standard InChI is InChI=1S/C28H23N5O3S/c29-21-10-12-24-20(16-21)17-25(37-24)27(34)36-15-14-19-8-4-5-9-22(19)30-28(35)31-26-13-11-23(32-33-26)18-6-2-1-3-7-18/h1-13,16-17H,14-15,29H2,(H2,30,31,33,35). The second-order valence-electron chi connectivity index (χ2n) is 8.20. The van der Waals surface area contributed by atoms with Crippen molar-refractivity contribution in [2.24, 2.45) is 0 Å². The lowest BCUT2D eigenvalue weighted by Gasteiger charge is -2.12. The monoisotopic (exact) mass is 509 g/mol. The van der Waals surface area contributed by atoms with Crippen molar-refractivity contribution in [3.8, 4) is 11.3 Å². The number of rotatable bonds is 7. The van der Waals surface area contributed by atoms with E-state index in [0.29, 0.717) is 34.2 Å². The third kappa shape index (κ3) is 5.91. The number of urea groups is 1. The number of anilines is 3. The topological polar surface area (TPSA) is 119 Å². The van der Waals surface area contributed by atoms with E-state index >= 15 is 0 Å². The number of esters is 1. The molecule has 0 bridgehead atoms. The number of para-hydroxylation sites is 1. The van der Waals surface area contributed by atoms with Crippen molar-refractivity contribution in [2.75, 3.05) is 23.0 Å². The predicted octanol–water partition coefficient (Wildman–Crippen LogP) is 5.98. The molecule has 2 heterocycles. The van der Waals surface area contributed by atoms with Gasteiger partial charge >= 0.3 is 12.0 Å². The quantitative estimate of drug-likeness (QED) is 0.183. The molecule has 0 saturated heterocycles. The van der Waals surface area contributed by atoms with Crippen molar-refractivity contribution < 1.29 is 14.3 Å². The first kappa shape index (κ1) is 24.0. The highest BCUT2D eigenvalue weighted by Crippen LogP contribution is 2.28. The van der Waals surface area contributed by atoms with Crippen LogP contribution in [0.3, 0.4) is 0 Å². The molecule has 0 saturated carbocycles. The Balaban J connectivity index is 1.16. The Hall–Kier alpha value is -4.76. The lowest BCUT2D eigenvalue weighted by atomic mass is 10.1. The number of fused-ring (bicyclic) bond motifs is 1. The number of nitrogens with two attached hydrogens (primary N) is 1. The fraction of sp³-hybridized carbons (Fsp3) is 0.0714. The Kier molecular flexibility index (Phi) is 7.05. The number of aromatic nitrogens is 2. The molecule has 5 rings (SSSR count). The average Bonchev–Trinajstić information content (AvgIpc) is 3.34. The molecular weight excluding hydrogens is 486 g/mol. The van der Waals surface area contributed by atoms with Gasteiger partial charge in [-0.1, -0.05) is 48.5 Å². The molecule has 5 aromatic rings. The maximum absolute atomic E-state index is 12.6. The zero-order chi connectivity index (χ0) is 25.6. The Bertz CT molecular complexity index is 1550. The van der Waals surface area contributed by atoms with Crippen LogP contribution in [0.2, 0.25) is 0 Å². The van der Waals surface area contributed by atoms with Crippen LogP contribution in [0.5, 0.6) is 0 Å². The van der Waals surface area contributed by atoms with Gasteiger partial charge in [-0.15, -0.1) is 21.5 Å². The minimum Gasteiger partial charge on any atom is -0.461 e. The van der Waals surface area contributed by atoms with Gasteiger partial charge in [0.25, 0.3) is 0 Å². The smallest absolute Gasteiger partial charge is 0.348 e. The van der Waals surface area contributed by atoms with Crippen molar-refractivity contribution in [3.63, 3.8) is 0 Å². The molecule has 4 N–H and O–H groups in total. The summed E-state index contributed by atoms with van der Waals surface area (Å²) in [6.45, 7) is 0.169. The molecule has 0 aliphatic heterocycles. The Morgan fingerprint density at radius 3 is 2.49 bits per heavy atom. The van der Waals surface area contributed by atoms with E-state index in [1.807, 2.05) is 60.7 Å². The summed E-state index contributed by atoms with van der Waals surface area (Å²) in [6.07, 6.45) is 0.436. The van der Waals surface area contributed by atoms with E-state index in [9.17, 15) is 9.59 Å². The van der Waals surface area contributed by atoms with Crippen molar-refractivity contribution >= 4 is 50.6 Å². The zero-order valence-electron chi connectivity index (χ0n) is 19.7. The number of carbonyl (C=O) groups is 2. The van der Waals surface area contributed by atoms with E-state index in [0.717, 1.165) is 21.2 Å². The number of amides is 2. The number of benzene rings is 3. The number of nitrogens with one attached hydrogen (secondary N) is 2. The molecule has 0 unspecified atom stereocenters. The highest BCUT2D eigenvalue weighted by Gasteiger charge is 2.13. The van der Waals surface area contributed by atoms with Gasteiger partial charge in [-0.05, 0) is 53.4 Å². The van der Waals surface area contributed by atoms with Gasteiger partial charge in [0.1, 0.15) is 4.88 Å². The molecule has 3 aromatic carbocycles. The molecule has 2 aromatic heterocycles. The number of hydrogen-bond donors (Lipinski definition) is 3. The van der Waals surface area contributed by atoms with E-state index in [2.05, 4.69) is 20.8 Å². The number of nitrogens with zero attached hydrogens (tertiary/aromatic N) is 2. The highest BCUT2D eigenvalue weighted by molar-refractivity contribution is 7.20. The molecular formula is C28H23N5O3S. The molecule has 0 fully saturated rings. The third-order valence-electron chi connectivity index (χ3n) is 5.59. The molecule has 0 atom stereocenters. The van der Waals surface area contributed by atoms with E-state index in [1.165, 1.54) is 11.3 Å². The minimum absolute atomic E-state index is 0.169. The maximum Gasteiger partial charge on any atom is 0.348 e. The summed E-state index contributed by atoms with van der Waals surface area (Å²) in [5, 5.41) is 14.7. The third-order valence-corrected chi connectivity index (χ3v) is 6.68. The van der Waals surface area contributed by atoms with Crippen LogP contribution in [-0.2, 0) is 11.2 Å². The largest absolute Gasteiger partial charge is 0.461 e. The first-order valence-corrected chi connectivity index (χ1v) is 12.4. The van der Waals surface area contributed by atoms with Crippen LogP contribution in [0.1, 0.15) is 15.2 Å².